The molecule has 7 heteroatoms. The fourth-order valence-corrected chi connectivity index (χ4v) is 3.36. The van der Waals surface area contributed by atoms with Gasteiger partial charge in [-0.05, 0) is 20.3 Å². The van der Waals surface area contributed by atoms with Gasteiger partial charge in [-0.2, -0.15) is 0 Å². The Kier molecular flexibility index (Phi) is 4.55. The number of methoxy groups -OCH3 is 1. The Bertz CT molecular complexity index is 836. The molecule has 0 aliphatic carbocycles. The third-order valence-electron chi connectivity index (χ3n) is 4.68. The number of anilines is 1. The molecule has 4 heterocycles. The molecule has 1 fully saturated rings. The van der Waals surface area contributed by atoms with E-state index in [0.717, 1.165) is 47.9 Å². The number of ether oxygens (including phenoxy) is 2. The summed E-state index contributed by atoms with van der Waals surface area (Å²) in [5.41, 5.74) is 3.84. The van der Waals surface area contributed by atoms with Crippen molar-refractivity contribution in [1.82, 2.24) is 15.0 Å². The zero-order valence-corrected chi connectivity index (χ0v) is 15.3. The van der Waals surface area contributed by atoms with Crippen LogP contribution in [-0.4, -0.2) is 53.1 Å². The van der Waals surface area contributed by atoms with Gasteiger partial charge in [0.05, 0.1) is 30.2 Å². The predicted molar refractivity (Wildman–Crippen MR) is 99.0 cm³/mol. The van der Waals surface area contributed by atoms with Crippen LogP contribution in [0.5, 0.6) is 5.88 Å². The Morgan fingerprint density at radius 1 is 1.19 bits per heavy atom. The van der Waals surface area contributed by atoms with Crippen LogP contribution in [0.15, 0.2) is 29.6 Å². The van der Waals surface area contributed by atoms with E-state index in [0.29, 0.717) is 12.4 Å². The summed E-state index contributed by atoms with van der Waals surface area (Å²) in [6.07, 6.45) is 4.81. The van der Waals surface area contributed by atoms with E-state index in [1.165, 1.54) is 0 Å². The van der Waals surface area contributed by atoms with E-state index in [-0.39, 0.29) is 12.2 Å². The molecule has 1 atom stereocenters. The first-order chi connectivity index (χ1) is 12.6. The van der Waals surface area contributed by atoms with Crippen molar-refractivity contribution in [3.8, 4) is 5.88 Å². The molecule has 0 unspecified atom stereocenters. The molecule has 0 bridgehead atoms. The fraction of sp³-hybridized carbons (Fsp3) is 0.474. The molecule has 0 saturated carbocycles. The predicted octanol–water partition coefficient (Wildman–Crippen LogP) is 2.23. The van der Waals surface area contributed by atoms with E-state index in [9.17, 15) is 0 Å². The van der Waals surface area contributed by atoms with Gasteiger partial charge in [-0.25, -0.2) is 15.0 Å². The highest BCUT2D eigenvalue weighted by atomic mass is 16.5. The Balaban J connectivity index is 1.61. The molecule has 2 aromatic rings. The van der Waals surface area contributed by atoms with Gasteiger partial charge < -0.3 is 14.4 Å². The molecule has 0 amide bonds. The lowest BCUT2D eigenvalue weighted by molar-refractivity contribution is 0.121. The molecule has 0 aromatic carbocycles. The van der Waals surface area contributed by atoms with Crippen LogP contribution in [0.3, 0.4) is 0 Å². The van der Waals surface area contributed by atoms with Gasteiger partial charge in [0.2, 0.25) is 5.88 Å². The minimum atomic E-state index is 0.0805. The van der Waals surface area contributed by atoms with Gasteiger partial charge in [0, 0.05) is 49.7 Å². The third-order valence-corrected chi connectivity index (χ3v) is 4.68. The van der Waals surface area contributed by atoms with Crippen molar-refractivity contribution < 1.29 is 9.47 Å². The number of rotatable bonds is 5. The van der Waals surface area contributed by atoms with E-state index in [2.05, 4.69) is 24.8 Å². The van der Waals surface area contributed by atoms with Crippen molar-refractivity contribution in [2.75, 3.05) is 25.1 Å². The van der Waals surface area contributed by atoms with Gasteiger partial charge in [-0.3, -0.25) is 4.99 Å². The SMILES string of the molecule is CO[C@H]1CCN(c2cc(C3=NCc4cnc(OC(C)C)cc43)ncn2)C1. The van der Waals surface area contributed by atoms with E-state index < -0.39 is 0 Å². The summed E-state index contributed by atoms with van der Waals surface area (Å²) >= 11 is 0. The van der Waals surface area contributed by atoms with Crippen molar-refractivity contribution in [2.45, 2.75) is 39.0 Å². The first-order valence-electron chi connectivity index (χ1n) is 8.94. The average Bonchev–Trinajstić information content (AvgIpc) is 3.28. The average molecular weight is 353 g/mol. The molecule has 136 valence electrons. The molecule has 2 aliphatic rings. The fourth-order valence-electron chi connectivity index (χ4n) is 3.36. The van der Waals surface area contributed by atoms with Crippen molar-refractivity contribution in [3.63, 3.8) is 0 Å². The quantitative estimate of drug-likeness (QED) is 0.821. The van der Waals surface area contributed by atoms with Crippen molar-refractivity contribution >= 4 is 11.5 Å². The molecule has 7 nitrogen and oxygen atoms in total. The lowest BCUT2D eigenvalue weighted by Gasteiger charge is -2.17. The second-order valence-electron chi connectivity index (χ2n) is 6.86. The summed E-state index contributed by atoms with van der Waals surface area (Å²) in [7, 11) is 1.76. The maximum Gasteiger partial charge on any atom is 0.214 e. The van der Waals surface area contributed by atoms with E-state index in [1.807, 2.05) is 32.2 Å². The number of pyridine rings is 1. The van der Waals surface area contributed by atoms with Gasteiger partial charge >= 0.3 is 0 Å². The van der Waals surface area contributed by atoms with Crippen LogP contribution in [0.25, 0.3) is 0 Å². The molecule has 2 aliphatic heterocycles. The smallest absolute Gasteiger partial charge is 0.214 e. The summed E-state index contributed by atoms with van der Waals surface area (Å²) in [5, 5.41) is 0. The summed E-state index contributed by atoms with van der Waals surface area (Å²) in [6.45, 7) is 6.39. The summed E-state index contributed by atoms with van der Waals surface area (Å²) in [6, 6.07) is 3.97. The molecule has 0 N–H and O–H groups in total. The molecule has 0 radical (unpaired) electrons. The minimum Gasteiger partial charge on any atom is -0.475 e. The molecule has 2 aromatic heterocycles. The number of aliphatic imine (C=N–C) groups is 1. The number of fused-ring (bicyclic) bond motifs is 1. The van der Waals surface area contributed by atoms with Crippen molar-refractivity contribution in [2.24, 2.45) is 4.99 Å². The Hall–Kier alpha value is -2.54. The minimum absolute atomic E-state index is 0.0805. The lowest BCUT2D eigenvalue weighted by atomic mass is 10.1. The molecular formula is C19H23N5O2. The molecular weight excluding hydrogens is 330 g/mol. The van der Waals surface area contributed by atoms with Crippen LogP contribution in [0.2, 0.25) is 0 Å². The highest BCUT2D eigenvalue weighted by molar-refractivity contribution is 6.14. The highest BCUT2D eigenvalue weighted by Crippen LogP contribution is 2.27. The number of nitrogens with zero attached hydrogens (tertiary/aromatic N) is 5. The Morgan fingerprint density at radius 3 is 2.85 bits per heavy atom. The van der Waals surface area contributed by atoms with Crippen molar-refractivity contribution in [1.29, 1.82) is 0 Å². The summed E-state index contributed by atoms with van der Waals surface area (Å²) in [5.74, 6) is 1.53. The monoisotopic (exact) mass is 353 g/mol. The zero-order valence-electron chi connectivity index (χ0n) is 15.3. The number of hydrogen-bond donors (Lipinski definition) is 0. The zero-order chi connectivity index (χ0) is 18.1. The second kappa shape index (κ2) is 6.99. The van der Waals surface area contributed by atoms with E-state index >= 15 is 0 Å². The first-order valence-corrected chi connectivity index (χ1v) is 8.94. The molecule has 26 heavy (non-hydrogen) atoms. The lowest BCUT2D eigenvalue weighted by Crippen LogP contribution is -2.23. The van der Waals surface area contributed by atoms with Crippen LogP contribution in [0.1, 0.15) is 37.1 Å². The van der Waals surface area contributed by atoms with Crippen LogP contribution >= 0.6 is 0 Å². The van der Waals surface area contributed by atoms with Gasteiger partial charge in [0.15, 0.2) is 0 Å². The molecule has 4 rings (SSSR count). The van der Waals surface area contributed by atoms with E-state index in [4.69, 9.17) is 9.47 Å². The first kappa shape index (κ1) is 16.9. The number of aromatic nitrogens is 3. The molecule has 0 spiro atoms. The highest BCUT2D eigenvalue weighted by Gasteiger charge is 2.25. The third kappa shape index (κ3) is 3.26. The number of hydrogen-bond acceptors (Lipinski definition) is 7. The van der Waals surface area contributed by atoms with Crippen LogP contribution in [0.4, 0.5) is 5.82 Å². The van der Waals surface area contributed by atoms with Gasteiger partial charge in [-0.1, -0.05) is 0 Å². The maximum absolute atomic E-state index is 5.73. The normalized spacial score (nSPS) is 19.0. The topological polar surface area (TPSA) is 72.7 Å². The second-order valence-corrected chi connectivity index (χ2v) is 6.86. The largest absolute Gasteiger partial charge is 0.475 e. The maximum atomic E-state index is 5.73. The van der Waals surface area contributed by atoms with Gasteiger partial charge in [0.1, 0.15) is 12.1 Å². The van der Waals surface area contributed by atoms with Crippen molar-refractivity contribution in [3.05, 3.63) is 41.5 Å². The standard InChI is InChI=1S/C19H23N5O2/c1-12(2)26-18-6-15-13(8-20-18)9-21-19(15)16-7-17(23-11-22-16)24-5-4-14(10-24)25-3/h6-8,11-12,14H,4-5,9-10H2,1-3H3/t14-/m0/s1. The summed E-state index contributed by atoms with van der Waals surface area (Å²) < 4.78 is 11.2. The van der Waals surface area contributed by atoms with Gasteiger partial charge in [-0.15, -0.1) is 0 Å². The van der Waals surface area contributed by atoms with Gasteiger partial charge in [0.25, 0.3) is 0 Å². The summed E-state index contributed by atoms with van der Waals surface area (Å²) in [4.78, 5) is 20.2. The molecule has 1 saturated heterocycles. The Labute approximate surface area is 153 Å². The van der Waals surface area contributed by atoms with Crippen LogP contribution in [0, 0.1) is 0 Å². The Morgan fingerprint density at radius 2 is 2.08 bits per heavy atom. The van der Waals surface area contributed by atoms with Crippen LogP contribution in [-0.2, 0) is 11.3 Å². The van der Waals surface area contributed by atoms with Crippen LogP contribution < -0.4 is 9.64 Å². The van der Waals surface area contributed by atoms with E-state index in [1.54, 1.807) is 13.4 Å².